The van der Waals surface area contributed by atoms with Crippen LogP contribution < -0.4 is 5.32 Å². The summed E-state index contributed by atoms with van der Waals surface area (Å²) in [5.41, 5.74) is 1.67. The predicted molar refractivity (Wildman–Crippen MR) is 63.9 cm³/mol. The molecule has 0 aliphatic heterocycles. The third kappa shape index (κ3) is 3.59. The largest absolute Gasteiger partial charge is 0.396 e. The summed E-state index contributed by atoms with van der Waals surface area (Å²) in [5, 5.41) is 15.5. The molecule has 0 saturated heterocycles. The highest BCUT2D eigenvalue weighted by Crippen LogP contribution is 2.13. The first-order valence-electron chi connectivity index (χ1n) is 5.12. The Morgan fingerprint density at radius 2 is 2.38 bits per heavy atom. The molecule has 1 atom stereocenters. The molecule has 16 heavy (non-hydrogen) atoms. The highest BCUT2D eigenvalue weighted by Gasteiger charge is 2.15. The van der Waals surface area contributed by atoms with E-state index in [2.05, 4.69) is 5.32 Å². The molecule has 0 spiro atoms. The minimum Gasteiger partial charge on any atom is -0.396 e. The van der Waals surface area contributed by atoms with Crippen LogP contribution in [-0.4, -0.2) is 37.4 Å². The fraction of sp³-hybridized carbons (Fsp3) is 0.545. The molecule has 0 saturated carbocycles. The van der Waals surface area contributed by atoms with E-state index >= 15 is 0 Å². The minimum absolute atomic E-state index is 0.0386. The number of nitrogens with one attached hydrogen (secondary N) is 1. The highest BCUT2D eigenvalue weighted by molar-refractivity contribution is 7.08. The summed E-state index contributed by atoms with van der Waals surface area (Å²) < 4.78 is 4.98. The lowest BCUT2D eigenvalue weighted by Crippen LogP contribution is -2.38. The average Bonchev–Trinajstić information content (AvgIpc) is 2.65. The Morgan fingerprint density at radius 1 is 1.62 bits per heavy atom. The van der Waals surface area contributed by atoms with Crippen molar-refractivity contribution in [2.75, 3.05) is 20.3 Å². The number of rotatable bonds is 6. The fourth-order valence-corrected chi connectivity index (χ4v) is 2.24. The van der Waals surface area contributed by atoms with E-state index in [4.69, 9.17) is 9.84 Å². The summed E-state index contributed by atoms with van der Waals surface area (Å²) in [6.07, 6.45) is 0.503. The summed E-state index contributed by atoms with van der Waals surface area (Å²) in [5.74, 6) is -0.103. The van der Waals surface area contributed by atoms with Gasteiger partial charge in [-0.1, -0.05) is 0 Å². The number of carbonyl (C=O) groups is 1. The van der Waals surface area contributed by atoms with Crippen LogP contribution >= 0.6 is 11.3 Å². The van der Waals surface area contributed by atoms with Crippen LogP contribution in [0.5, 0.6) is 0 Å². The van der Waals surface area contributed by atoms with Gasteiger partial charge in [-0.3, -0.25) is 4.79 Å². The molecule has 1 aromatic heterocycles. The number of hydrogen-bond donors (Lipinski definition) is 2. The van der Waals surface area contributed by atoms with Gasteiger partial charge in [0, 0.05) is 19.1 Å². The first-order chi connectivity index (χ1) is 7.69. The van der Waals surface area contributed by atoms with Crippen molar-refractivity contribution in [1.29, 1.82) is 0 Å². The van der Waals surface area contributed by atoms with Gasteiger partial charge in [0.1, 0.15) is 0 Å². The number of aryl methyl sites for hydroxylation is 1. The maximum Gasteiger partial charge on any atom is 0.252 e. The van der Waals surface area contributed by atoms with Crippen LogP contribution in [0.4, 0.5) is 0 Å². The molecule has 0 aliphatic carbocycles. The molecule has 2 N–H and O–H groups in total. The smallest absolute Gasteiger partial charge is 0.252 e. The summed E-state index contributed by atoms with van der Waals surface area (Å²) in [4.78, 5) is 11.8. The molecule has 0 aliphatic rings. The first-order valence-corrected chi connectivity index (χ1v) is 6.06. The van der Waals surface area contributed by atoms with Gasteiger partial charge in [-0.05, 0) is 24.3 Å². The molecule has 0 bridgehead atoms. The molecular weight excluding hydrogens is 226 g/mol. The van der Waals surface area contributed by atoms with Crippen LogP contribution in [0.2, 0.25) is 0 Å². The van der Waals surface area contributed by atoms with E-state index in [1.807, 2.05) is 17.7 Å². The second kappa shape index (κ2) is 6.62. The van der Waals surface area contributed by atoms with Crippen LogP contribution in [0.25, 0.3) is 0 Å². The molecule has 0 fully saturated rings. The number of hydrogen-bond acceptors (Lipinski definition) is 4. The summed E-state index contributed by atoms with van der Waals surface area (Å²) in [6, 6.07) is -0.137. The lowest BCUT2D eigenvalue weighted by atomic mass is 10.1. The quantitative estimate of drug-likeness (QED) is 0.789. The zero-order valence-electron chi connectivity index (χ0n) is 9.53. The number of amides is 1. The number of thiophene rings is 1. The van der Waals surface area contributed by atoms with Crippen molar-refractivity contribution in [2.24, 2.45) is 0 Å². The van der Waals surface area contributed by atoms with Gasteiger partial charge < -0.3 is 15.2 Å². The maximum absolute atomic E-state index is 11.8. The van der Waals surface area contributed by atoms with Crippen molar-refractivity contribution in [3.8, 4) is 0 Å². The second-order valence-corrected chi connectivity index (χ2v) is 4.35. The van der Waals surface area contributed by atoms with Gasteiger partial charge >= 0.3 is 0 Å². The van der Waals surface area contributed by atoms with Gasteiger partial charge in [0.25, 0.3) is 5.91 Å². The van der Waals surface area contributed by atoms with E-state index < -0.39 is 0 Å². The summed E-state index contributed by atoms with van der Waals surface area (Å²) in [6.45, 7) is 2.36. The monoisotopic (exact) mass is 243 g/mol. The molecule has 5 heteroatoms. The van der Waals surface area contributed by atoms with E-state index in [-0.39, 0.29) is 18.6 Å². The van der Waals surface area contributed by atoms with Gasteiger partial charge in [-0.15, -0.1) is 0 Å². The standard InChI is InChI=1S/C11H17NO3S/c1-8-6-16-7-10(8)11(14)12-9(3-4-13)5-15-2/h6-7,9,13H,3-5H2,1-2H3,(H,12,14). The van der Waals surface area contributed by atoms with Gasteiger partial charge in [0.05, 0.1) is 18.2 Å². The molecular formula is C11H17NO3S. The van der Waals surface area contributed by atoms with Crippen molar-refractivity contribution < 1.29 is 14.6 Å². The minimum atomic E-state index is -0.137. The van der Waals surface area contributed by atoms with Crippen LogP contribution in [0.3, 0.4) is 0 Å². The molecule has 1 unspecified atom stereocenters. The fourth-order valence-electron chi connectivity index (χ4n) is 1.41. The average molecular weight is 243 g/mol. The van der Waals surface area contributed by atoms with Crippen LogP contribution in [-0.2, 0) is 4.74 Å². The lowest BCUT2D eigenvalue weighted by Gasteiger charge is -2.16. The number of aliphatic hydroxyl groups is 1. The Morgan fingerprint density at radius 3 is 2.88 bits per heavy atom. The van der Waals surface area contributed by atoms with E-state index in [0.717, 1.165) is 5.56 Å². The molecule has 4 nitrogen and oxygen atoms in total. The van der Waals surface area contributed by atoms with Crippen LogP contribution in [0, 0.1) is 6.92 Å². The third-order valence-corrected chi connectivity index (χ3v) is 3.14. The number of carbonyl (C=O) groups excluding carboxylic acids is 1. The molecule has 1 amide bonds. The lowest BCUT2D eigenvalue weighted by molar-refractivity contribution is 0.0878. The molecule has 1 heterocycles. The van der Waals surface area contributed by atoms with Crippen molar-refractivity contribution in [3.05, 3.63) is 21.9 Å². The van der Waals surface area contributed by atoms with Crippen molar-refractivity contribution in [2.45, 2.75) is 19.4 Å². The van der Waals surface area contributed by atoms with E-state index in [1.165, 1.54) is 11.3 Å². The zero-order valence-corrected chi connectivity index (χ0v) is 10.3. The predicted octanol–water partition coefficient (Wildman–Crippen LogP) is 1.18. The van der Waals surface area contributed by atoms with E-state index in [9.17, 15) is 4.79 Å². The summed E-state index contributed by atoms with van der Waals surface area (Å²) >= 11 is 1.51. The third-order valence-electron chi connectivity index (χ3n) is 2.28. The Labute approximate surface area is 99.2 Å². The topological polar surface area (TPSA) is 58.6 Å². The first kappa shape index (κ1) is 13.2. The molecule has 1 rings (SSSR count). The van der Waals surface area contributed by atoms with Crippen molar-refractivity contribution in [1.82, 2.24) is 5.32 Å². The Bertz CT molecular complexity index is 332. The maximum atomic E-state index is 11.8. The van der Waals surface area contributed by atoms with Crippen molar-refractivity contribution >= 4 is 17.2 Å². The number of aliphatic hydroxyl groups excluding tert-OH is 1. The SMILES string of the molecule is COCC(CCO)NC(=O)c1cscc1C. The Hall–Kier alpha value is -0.910. The zero-order chi connectivity index (χ0) is 12.0. The van der Waals surface area contributed by atoms with E-state index in [1.54, 1.807) is 7.11 Å². The Balaban J connectivity index is 2.58. The van der Waals surface area contributed by atoms with Gasteiger partial charge in [-0.25, -0.2) is 0 Å². The second-order valence-electron chi connectivity index (χ2n) is 3.61. The summed E-state index contributed by atoms with van der Waals surface area (Å²) in [7, 11) is 1.58. The normalized spacial score (nSPS) is 12.4. The van der Waals surface area contributed by atoms with Crippen LogP contribution in [0.1, 0.15) is 22.3 Å². The van der Waals surface area contributed by atoms with Gasteiger partial charge in [-0.2, -0.15) is 11.3 Å². The van der Waals surface area contributed by atoms with Gasteiger partial charge in [0.15, 0.2) is 0 Å². The number of methoxy groups -OCH3 is 1. The highest BCUT2D eigenvalue weighted by atomic mass is 32.1. The Kier molecular flexibility index (Phi) is 5.45. The molecule has 0 radical (unpaired) electrons. The van der Waals surface area contributed by atoms with Crippen LogP contribution in [0.15, 0.2) is 10.8 Å². The molecule has 0 aromatic carbocycles. The van der Waals surface area contributed by atoms with Crippen molar-refractivity contribution in [3.63, 3.8) is 0 Å². The molecule has 90 valence electrons. The van der Waals surface area contributed by atoms with E-state index in [0.29, 0.717) is 18.6 Å². The van der Waals surface area contributed by atoms with Gasteiger partial charge in [0.2, 0.25) is 0 Å². The molecule has 1 aromatic rings. The number of ether oxygens (including phenoxy) is 1.